The van der Waals surface area contributed by atoms with E-state index in [2.05, 4.69) is 10.6 Å². The number of benzene rings is 2. The number of carbonyl (C=O) groups excluding carboxylic acids is 3. The maximum Gasteiger partial charge on any atom is 0.340 e. The Hall–Kier alpha value is -4.07. The van der Waals surface area contributed by atoms with Crippen molar-refractivity contribution < 1.29 is 28.6 Å². The fraction of sp³-hybridized carbons (Fsp3) is 0.174. The zero-order chi connectivity index (χ0) is 22.4. The van der Waals surface area contributed by atoms with Crippen LogP contribution in [0.25, 0.3) is 6.08 Å². The van der Waals surface area contributed by atoms with Crippen molar-refractivity contribution in [2.75, 3.05) is 26.1 Å². The third-order valence-electron chi connectivity index (χ3n) is 4.52. The Kier molecular flexibility index (Phi) is 6.71. The Morgan fingerprint density at radius 1 is 1.06 bits per heavy atom. The molecule has 2 aromatic carbocycles. The van der Waals surface area contributed by atoms with Crippen LogP contribution in [0, 0.1) is 0 Å². The second-order valence-corrected chi connectivity index (χ2v) is 6.61. The van der Waals surface area contributed by atoms with Gasteiger partial charge >= 0.3 is 5.97 Å². The maximum absolute atomic E-state index is 12.2. The van der Waals surface area contributed by atoms with Gasteiger partial charge in [0.25, 0.3) is 11.8 Å². The molecule has 8 nitrogen and oxygen atoms in total. The van der Waals surface area contributed by atoms with Gasteiger partial charge in [0.15, 0.2) is 6.61 Å². The summed E-state index contributed by atoms with van der Waals surface area (Å²) in [4.78, 5) is 36.3. The molecule has 0 radical (unpaired) electrons. The lowest BCUT2D eigenvalue weighted by atomic mass is 10.0. The minimum absolute atomic E-state index is 0.185. The Morgan fingerprint density at radius 3 is 2.45 bits per heavy atom. The Morgan fingerprint density at radius 2 is 1.77 bits per heavy atom. The van der Waals surface area contributed by atoms with Gasteiger partial charge in [-0.25, -0.2) is 4.79 Å². The molecule has 3 rings (SSSR count). The molecule has 0 unspecified atom stereocenters. The molecule has 0 atom stereocenters. The van der Waals surface area contributed by atoms with Gasteiger partial charge < -0.3 is 24.8 Å². The summed E-state index contributed by atoms with van der Waals surface area (Å²) in [5.74, 6) is -0.246. The maximum atomic E-state index is 12.2. The van der Waals surface area contributed by atoms with Crippen LogP contribution in [0.2, 0.25) is 0 Å². The molecular formula is C23H22N2O6. The number of methoxy groups -OCH3 is 2. The molecule has 0 saturated heterocycles. The highest BCUT2D eigenvalue weighted by Crippen LogP contribution is 2.26. The monoisotopic (exact) mass is 422 g/mol. The number of hydrogen-bond donors (Lipinski definition) is 2. The van der Waals surface area contributed by atoms with Crippen molar-refractivity contribution in [3.63, 3.8) is 0 Å². The van der Waals surface area contributed by atoms with Gasteiger partial charge in [0, 0.05) is 5.70 Å². The van der Waals surface area contributed by atoms with E-state index in [1.165, 1.54) is 14.2 Å². The Bertz CT molecular complexity index is 1070. The third-order valence-corrected chi connectivity index (χ3v) is 4.52. The zero-order valence-electron chi connectivity index (χ0n) is 17.4. The Labute approximate surface area is 179 Å². The summed E-state index contributed by atoms with van der Waals surface area (Å²) >= 11 is 0. The van der Waals surface area contributed by atoms with Crippen molar-refractivity contribution in [3.05, 3.63) is 70.9 Å². The summed E-state index contributed by atoms with van der Waals surface area (Å²) in [5, 5.41) is 5.35. The van der Waals surface area contributed by atoms with Gasteiger partial charge in [-0.3, -0.25) is 9.59 Å². The quantitative estimate of drug-likeness (QED) is 0.525. The van der Waals surface area contributed by atoms with Crippen molar-refractivity contribution in [2.45, 2.75) is 6.92 Å². The van der Waals surface area contributed by atoms with Crippen molar-refractivity contribution in [1.82, 2.24) is 5.32 Å². The number of carbonyl (C=O) groups is 3. The van der Waals surface area contributed by atoms with Gasteiger partial charge in [-0.15, -0.1) is 0 Å². The molecule has 1 aliphatic rings. The topological polar surface area (TPSA) is 103 Å². The van der Waals surface area contributed by atoms with Crippen LogP contribution in [0.1, 0.15) is 12.5 Å². The summed E-state index contributed by atoms with van der Waals surface area (Å²) in [7, 11) is 2.79. The largest absolute Gasteiger partial charge is 0.495 e. The van der Waals surface area contributed by atoms with Gasteiger partial charge in [0.05, 0.1) is 31.1 Å². The average Bonchev–Trinajstić information content (AvgIpc) is 3.05. The highest BCUT2D eigenvalue weighted by Gasteiger charge is 2.30. The first-order chi connectivity index (χ1) is 14.9. The SMILES string of the molecule is COC(=O)C1=C(C)NC(=O)/C1=C\c1ccc(OCC(=O)Nc2ccccc2OC)cc1. The lowest BCUT2D eigenvalue weighted by Crippen LogP contribution is -2.20. The summed E-state index contributed by atoms with van der Waals surface area (Å²) in [6, 6.07) is 13.9. The summed E-state index contributed by atoms with van der Waals surface area (Å²) in [6.45, 7) is 1.45. The van der Waals surface area contributed by atoms with E-state index in [9.17, 15) is 14.4 Å². The van der Waals surface area contributed by atoms with Crippen LogP contribution in [0.15, 0.2) is 65.4 Å². The Balaban J connectivity index is 1.64. The summed E-state index contributed by atoms with van der Waals surface area (Å²) in [5.41, 5.74) is 2.13. The first kappa shape index (κ1) is 21.6. The normalized spacial score (nSPS) is 14.3. The lowest BCUT2D eigenvalue weighted by molar-refractivity contribution is -0.136. The number of anilines is 1. The van der Waals surface area contributed by atoms with Crippen LogP contribution in [-0.4, -0.2) is 38.6 Å². The number of para-hydroxylation sites is 2. The van der Waals surface area contributed by atoms with E-state index in [0.29, 0.717) is 28.4 Å². The molecule has 160 valence electrons. The minimum Gasteiger partial charge on any atom is -0.495 e. The van der Waals surface area contributed by atoms with Crippen molar-refractivity contribution in [3.8, 4) is 11.5 Å². The number of nitrogens with one attached hydrogen (secondary N) is 2. The number of amides is 2. The second kappa shape index (κ2) is 9.62. The molecule has 2 aromatic rings. The molecular weight excluding hydrogens is 400 g/mol. The van der Waals surface area contributed by atoms with E-state index in [0.717, 1.165) is 0 Å². The fourth-order valence-corrected chi connectivity index (χ4v) is 3.03. The van der Waals surface area contributed by atoms with E-state index < -0.39 is 5.97 Å². The van der Waals surface area contributed by atoms with Crippen molar-refractivity contribution >= 4 is 29.5 Å². The van der Waals surface area contributed by atoms with E-state index in [4.69, 9.17) is 14.2 Å². The molecule has 0 spiro atoms. The van der Waals surface area contributed by atoms with Gasteiger partial charge in [-0.1, -0.05) is 24.3 Å². The van der Waals surface area contributed by atoms with Crippen LogP contribution >= 0.6 is 0 Å². The predicted octanol–water partition coefficient (Wildman–Crippen LogP) is 2.67. The van der Waals surface area contributed by atoms with E-state index >= 15 is 0 Å². The van der Waals surface area contributed by atoms with Crippen LogP contribution in [0.3, 0.4) is 0 Å². The number of hydrogen-bond acceptors (Lipinski definition) is 6. The lowest BCUT2D eigenvalue weighted by Gasteiger charge is -2.10. The number of rotatable bonds is 7. The van der Waals surface area contributed by atoms with Crippen LogP contribution in [-0.2, 0) is 19.1 Å². The van der Waals surface area contributed by atoms with Crippen LogP contribution in [0.4, 0.5) is 5.69 Å². The summed E-state index contributed by atoms with van der Waals surface area (Å²) < 4.78 is 15.5. The van der Waals surface area contributed by atoms with E-state index in [-0.39, 0.29) is 29.6 Å². The molecule has 1 aliphatic heterocycles. The zero-order valence-corrected chi connectivity index (χ0v) is 17.4. The molecule has 31 heavy (non-hydrogen) atoms. The van der Waals surface area contributed by atoms with Gasteiger partial charge in [0.2, 0.25) is 0 Å². The fourth-order valence-electron chi connectivity index (χ4n) is 3.03. The molecule has 0 fully saturated rings. The summed E-state index contributed by atoms with van der Waals surface area (Å²) in [6.07, 6.45) is 1.59. The first-order valence-corrected chi connectivity index (χ1v) is 9.41. The van der Waals surface area contributed by atoms with Gasteiger partial charge in [-0.2, -0.15) is 0 Å². The van der Waals surface area contributed by atoms with E-state index in [1.807, 2.05) is 6.07 Å². The minimum atomic E-state index is -0.580. The van der Waals surface area contributed by atoms with Crippen molar-refractivity contribution in [1.29, 1.82) is 0 Å². The number of ether oxygens (including phenoxy) is 3. The molecule has 0 saturated carbocycles. The molecule has 0 aliphatic carbocycles. The molecule has 8 heteroatoms. The smallest absolute Gasteiger partial charge is 0.340 e. The predicted molar refractivity (Wildman–Crippen MR) is 114 cm³/mol. The highest BCUT2D eigenvalue weighted by molar-refractivity contribution is 6.16. The second-order valence-electron chi connectivity index (χ2n) is 6.61. The van der Waals surface area contributed by atoms with E-state index in [1.54, 1.807) is 55.5 Å². The molecule has 2 N–H and O–H groups in total. The first-order valence-electron chi connectivity index (χ1n) is 9.41. The van der Waals surface area contributed by atoms with Crippen LogP contribution in [0.5, 0.6) is 11.5 Å². The van der Waals surface area contributed by atoms with Gasteiger partial charge in [-0.05, 0) is 42.8 Å². The van der Waals surface area contributed by atoms with Crippen molar-refractivity contribution in [2.24, 2.45) is 0 Å². The third kappa shape index (κ3) is 5.11. The number of allylic oxidation sites excluding steroid dienone is 1. The molecule has 0 bridgehead atoms. The van der Waals surface area contributed by atoms with Crippen LogP contribution < -0.4 is 20.1 Å². The molecule has 1 heterocycles. The number of esters is 1. The van der Waals surface area contributed by atoms with Gasteiger partial charge in [0.1, 0.15) is 11.5 Å². The molecule has 2 amide bonds. The molecule has 0 aromatic heterocycles. The average molecular weight is 422 g/mol. The highest BCUT2D eigenvalue weighted by atomic mass is 16.5. The standard InChI is InChI=1S/C23H22N2O6/c1-14-21(23(28)30-3)17(22(27)24-14)12-15-8-10-16(11-9-15)31-13-20(26)25-18-6-4-5-7-19(18)29-2/h4-12H,13H2,1-3H3,(H,24,27)(H,25,26)/b17-12-.